The molecule has 0 heterocycles. The third kappa shape index (κ3) is 12.7. The van der Waals surface area contributed by atoms with Gasteiger partial charge in [-0.05, 0) is 82.2 Å². The summed E-state index contributed by atoms with van der Waals surface area (Å²) in [6.45, 7) is 4.82. The van der Waals surface area contributed by atoms with Crippen LogP contribution in [-0.2, 0) is 17.3 Å². The highest BCUT2D eigenvalue weighted by molar-refractivity contribution is 6.31. The first-order valence-electron chi connectivity index (χ1n) is 14.0. The van der Waals surface area contributed by atoms with Gasteiger partial charge in [0.25, 0.3) is 5.91 Å². The Morgan fingerprint density at radius 2 is 1.53 bits per heavy atom. The fraction of sp³-hybridized carbons (Fsp3) is 0.581. The Morgan fingerprint density at radius 3 is 2.18 bits per heavy atom. The van der Waals surface area contributed by atoms with Crippen LogP contribution >= 0.6 is 11.6 Å². The van der Waals surface area contributed by atoms with Crippen LogP contribution in [0, 0.1) is 0 Å². The highest BCUT2D eigenvalue weighted by Gasteiger charge is 2.33. The van der Waals surface area contributed by atoms with Gasteiger partial charge in [-0.3, -0.25) is 4.79 Å². The number of carbonyl (C=O) groups excluding carboxylic acids is 1. The molecule has 0 aliphatic carbocycles. The summed E-state index contributed by atoms with van der Waals surface area (Å²) in [7, 11) is 0. The SMILES string of the molecule is CCOC(C)CCCC(CCCCCCCCCc1ccc(Cl)c(C(F)(F)F)c1)NC(=O)c1ccccc1. The van der Waals surface area contributed by atoms with Gasteiger partial charge in [0.1, 0.15) is 0 Å². The number of alkyl halides is 3. The fourth-order valence-electron chi connectivity index (χ4n) is 4.72. The average Bonchev–Trinajstić information content (AvgIpc) is 2.88. The second-order valence-corrected chi connectivity index (χ2v) is 10.5. The minimum Gasteiger partial charge on any atom is -0.379 e. The van der Waals surface area contributed by atoms with E-state index in [1.165, 1.54) is 12.1 Å². The van der Waals surface area contributed by atoms with Crippen molar-refractivity contribution in [3.8, 4) is 0 Å². The number of amides is 1. The molecule has 2 rings (SSSR count). The molecule has 0 spiro atoms. The maximum Gasteiger partial charge on any atom is 0.417 e. The zero-order valence-electron chi connectivity index (χ0n) is 22.8. The number of hydrogen-bond donors (Lipinski definition) is 1. The Hall–Kier alpha value is -2.05. The van der Waals surface area contributed by atoms with Crippen LogP contribution in [0.4, 0.5) is 13.2 Å². The molecule has 7 heteroatoms. The molecule has 0 bridgehead atoms. The van der Waals surface area contributed by atoms with Crippen molar-refractivity contribution in [2.75, 3.05) is 6.61 Å². The molecular weight excluding hydrogens is 511 g/mol. The molecule has 1 amide bonds. The molecule has 0 aliphatic rings. The molecule has 0 saturated heterocycles. The van der Waals surface area contributed by atoms with Gasteiger partial charge in [-0.2, -0.15) is 13.2 Å². The number of halogens is 4. The van der Waals surface area contributed by atoms with E-state index in [2.05, 4.69) is 12.2 Å². The number of hydrogen-bond acceptors (Lipinski definition) is 2. The highest BCUT2D eigenvalue weighted by Crippen LogP contribution is 2.35. The largest absolute Gasteiger partial charge is 0.417 e. The minimum absolute atomic E-state index is 0.0171. The standard InChI is InChI=1S/C31H43ClF3NO2/c1-3-38-24(2)15-14-20-27(36-30(37)26-17-11-9-12-18-26)19-13-8-6-4-5-7-10-16-25-21-22-29(32)28(23-25)31(33,34)35/h9,11-12,17-18,21-24,27H,3-8,10,13-16,19-20H2,1-2H3,(H,36,37). The lowest BCUT2D eigenvalue weighted by Gasteiger charge is -2.20. The summed E-state index contributed by atoms with van der Waals surface area (Å²) >= 11 is 5.70. The van der Waals surface area contributed by atoms with Crippen LogP contribution in [0.15, 0.2) is 48.5 Å². The molecule has 3 nitrogen and oxygen atoms in total. The van der Waals surface area contributed by atoms with E-state index in [-0.39, 0.29) is 23.1 Å². The number of ether oxygens (including phenoxy) is 1. The molecule has 2 atom stereocenters. The molecule has 0 saturated carbocycles. The smallest absolute Gasteiger partial charge is 0.379 e. The third-order valence-electron chi connectivity index (χ3n) is 6.84. The molecule has 212 valence electrons. The molecule has 38 heavy (non-hydrogen) atoms. The summed E-state index contributed by atoms with van der Waals surface area (Å²) in [6.07, 6.45) is 7.69. The van der Waals surface area contributed by atoms with Crippen molar-refractivity contribution in [1.82, 2.24) is 5.32 Å². The fourth-order valence-corrected chi connectivity index (χ4v) is 4.94. The molecule has 0 aliphatic heterocycles. The zero-order chi connectivity index (χ0) is 27.8. The first-order chi connectivity index (χ1) is 18.2. The van der Waals surface area contributed by atoms with Crippen molar-refractivity contribution < 1.29 is 22.7 Å². The number of benzene rings is 2. The van der Waals surface area contributed by atoms with Gasteiger partial charge in [0.2, 0.25) is 0 Å². The average molecular weight is 554 g/mol. The summed E-state index contributed by atoms with van der Waals surface area (Å²) in [5.41, 5.74) is 0.619. The van der Waals surface area contributed by atoms with Gasteiger partial charge in [-0.1, -0.05) is 74.4 Å². The molecule has 1 N–H and O–H groups in total. The second-order valence-electron chi connectivity index (χ2n) is 10.1. The number of unbranched alkanes of at least 4 members (excludes halogenated alkanes) is 6. The highest BCUT2D eigenvalue weighted by atomic mass is 35.5. The third-order valence-corrected chi connectivity index (χ3v) is 7.17. The Balaban J connectivity index is 1.66. The lowest BCUT2D eigenvalue weighted by atomic mass is 9.99. The monoisotopic (exact) mass is 553 g/mol. The van der Waals surface area contributed by atoms with Crippen molar-refractivity contribution in [2.45, 2.75) is 109 Å². The van der Waals surface area contributed by atoms with Crippen molar-refractivity contribution in [2.24, 2.45) is 0 Å². The van der Waals surface area contributed by atoms with E-state index in [1.54, 1.807) is 6.07 Å². The molecular formula is C31H43ClF3NO2. The van der Waals surface area contributed by atoms with Crippen LogP contribution in [-0.4, -0.2) is 24.7 Å². The minimum atomic E-state index is -4.42. The summed E-state index contributed by atoms with van der Waals surface area (Å²) < 4.78 is 44.7. The first-order valence-corrected chi connectivity index (χ1v) is 14.4. The van der Waals surface area contributed by atoms with Gasteiger partial charge in [0, 0.05) is 18.2 Å². The van der Waals surface area contributed by atoms with E-state index >= 15 is 0 Å². The summed E-state index contributed by atoms with van der Waals surface area (Å²) in [5, 5.41) is 2.98. The van der Waals surface area contributed by atoms with Crippen LogP contribution in [0.25, 0.3) is 0 Å². The van der Waals surface area contributed by atoms with Crippen molar-refractivity contribution in [3.63, 3.8) is 0 Å². The van der Waals surface area contributed by atoms with Gasteiger partial charge in [-0.25, -0.2) is 0 Å². The predicted octanol–water partition coefficient (Wildman–Crippen LogP) is 9.42. The van der Waals surface area contributed by atoms with Gasteiger partial charge in [0.05, 0.1) is 16.7 Å². The van der Waals surface area contributed by atoms with Crippen LogP contribution in [0.2, 0.25) is 5.02 Å². The van der Waals surface area contributed by atoms with Gasteiger partial charge < -0.3 is 10.1 Å². The number of aryl methyl sites for hydroxylation is 1. The van der Waals surface area contributed by atoms with Gasteiger partial charge in [-0.15, -0.1) is 0 Å². The maximum atomic E-state index is 13.0. The molecule has 0 fully saturated rings. The number of carbonyl (C=O) groups is 1. The van der Waals surface area contributed by atoms with Crippen LogP contribution in [0.3, 0.4) is 0 Å². The van der Waals surface area contributed by atoms with Gasteiger partial charge >= 0.3 is 6.18 Å². The lowest BCUT2D eigenvalue weighted by molar-refractivity contribution is -0.137. The van der Waals surface area contributed by atoms with Crippen molar-refractivity contribution >= 4 is 17.5 Å². The summed E-state index contributed by atoms with van der Waals surface area (Å²) in [5.74, 6) is -0.0171. The zero-order valence-corrected chi connectivity index (χ0v) is 23.6. The maximum absolute atomic E-state index is 13.0. The Bertz CT molecular complexity index is 936. The Morgan fingerprint density at radius 1 is 0.895 bits per heavy atom. The van der Waals surface area contributed by atoms with E-state index in [1.807, 2.05) is 37.3 Å². The Labute approximate surface area is 231 Å². The summed E-state index contributed by atoms with van der Waals surface area (Å²) in [6, 6.07) is 13.7. The van der Waals surface area contributed by atoms with E-state index in [4.69, 9.17) is 16.3 Å². The first kappa shape index (κ1) is 32.2. The van der Waals surface area contributed by atoms with E-state index < -0.39 is 11.7 Å². The van der Waals surface area contributed by atoms with Gasteiger partial charge in [0.15, 0.2) is 0 Å². The quantitative estimate of drug-likeness (QED) is 0.187. The van der Waals surface area contributed by atoms with E-state index in [0.717, 1.165) is 77.2 Å². The molecule has 0 radical (unpaired) electrons. The topological polar surface area (TPSA) is 38.3 Å². The number of rotatable bonds is 18. The normalized spacial score (nSPS) is 13.3. The second kappa shape index (κ2) is 17.5. The van der Waals surface area contributed by atoms with Crippen LogP contribution in [0.1, 0.15) is 106 Å². The van der Waals surface area contributed by atoms with Crippen molar-refractivity contribution in [3.05, 3.63) is 70.2 Å². The van der Waals surface area contributed by atoms with Crippen molar-refractivity contribution in [1.29, 1.82) is 0 Å². The number of nitrogens with one attached hydrogen (secondary N) is 1. The molecule has 0 aromatic heterocycles. The van der Waals surface area contributed by atoms with E-state index in [0.29, 0.717) is 17.5 Å². The van der Waals surface area contributed by atoms with E-state index in [9.17, 15) is 18.0 Å². The predicted molar refractivity (Wildman–Crippen MR) is 150 cm³/mol. The molecule has 2 aromatic rings. The lowest BCUT2D eigenvalue weighted by Crippen LogP contribution is -2.35. The summed E-state index contributed by atoms with van der Waals surface area (Å²) in [4.78, 5) is 12.7. The molecule has 2 aromatic carbocycles. The van der Waals surface area contributed by atoms with Crippen LogP contribution in [0.5, 0.6) is 0 Å². The Kier molecular flexibility index (Phi) is 14.8. The van der Waals surface area contributed by atoms with Crippen LogP contribution < -0.4 is 5.32 Å². The molecule has 2 unspecified atom stereocenters.